The van der Waals surface area contributed by atoms with Crippen LogP contribution < -0.4 is 11.1 Å². The summed E-state index contributed by atoms with van der Waals surface area (Å²) in [4.78, 5) is 11.2. The van der Waals surface area contributed by atoms with Crippen LogP contribution in [0.2, 0.25) is 0 Å². The SMILES string of the molecule is C=Cc1ccc(C(=O)Nc2ccc(-c3ccc(N)cc3S(=O)(=O)O)c(S(=O)(=O)O)c2)cc1. The molecule has 0 aliphatic carbocycles. The minimum Gasteiger partial charge on any atom is -0.399 e. The van der Waals surface area contributed by atoms with Gasteiger partial charge in [0.05, 0.1) is 0 Å². The van der Waals surface area contributed by atoms with E-state index in [0.717, 1.165) is 17.7 Å². The first kappa shape index (κ1) is 23.2. The maximum atomic E-state index is 12.5. The molecule has 11 heteroatoms. The Kier molecular flexibility index (Phi) is 6.19. The van der Waals surface area contributed by atoms with Crippen LogP contribution in [0.25, 0.3) is 17.2 Å². The monoisotopic (exact) mass is 474 g/mol. The van der Waals surface area contributed by atoms with E-state index in [1.165, 1.54) is 24.3 Å². The summed E-state index contributed by atoms with van der Waals surface area (Å²) in [7, 11) is -9.63. The maximum absolute atomic E-state index is 12.5. The Morgan fingerprint density at radius 2 is 1.38 bits per heavy atom. The molecular formula is C21H18N2O7S2. The Labute approximate surface area is 184 Å². The highest BCUT2D eigenvalue weighted by Gasteiger charge is 2.24. The van der Waals surface area contributed by atoms with Gasteiger partial charge in [0.1, 0.15) is 9.79 Å². The standard InChI is InChI=1S/C21H18N2O7S2/c1-2-13-3-5-14(6-4-13)21(24)23-16-8-10-18(20(12-16)32(28,29)30)17-9-7-15(22)11-19(17)31(25,26)27/h2-12H,1,22H2,(H,23,24)(H,25,26,27)(H,28,29,30). The fraction of sp³-hybridized carbons (Fsp3) is 0. The Bertz CT molecular complexity index is 1430. The molecule has 9 nitrogen and oxygen atoms in total. The number of nitrogens with one attached hydrogen (secondary N) is 1. The molecule has 32 heavy (non-hydrogen) atoms. The Morgan fingerprint density at radius 1 is 0.844 bits per heavy atom. The number of anilines is 2. The van der Waals surface area contributed by atoms with Gasteiger partial charge in [0.25, 0.3) is 26.1 Å². The van der Waals surface area contributed by atoms with Gasteiger partial charge < -0.3 is 11.1 Å². The number of amides is 1. The summed E-state index contributed by atoms with van der Waals surface area (Å²) in [6.07, 6.45) is 1.61. The minimum absolute atomic E-state index is 0.0149. The van der Waals surface area contributed by atoms with Crippen LogP contribution in [0, 0.1) is 0 Å². The van der Waals surface area contributed by atoms with Gasteiger partial charge in [0.2, 0.25) is 0 Å². The second-order valence-electron chi connectivity index (χ2n) is 6.70. The topological polar surface area (TPSA) is 164 Å². The largest absolute Gasteiger partial charge is 0.399 e. The van der Waals surface area contributed by atoms with Crippen LogP contribution in [0.3, 0.4) is 0 Å². The molecule has 5 N–H and O–H groups in total. The van der Waals surface area contributed by atoms with Gasteiger partial charge in [-0.15, -0.1) is 0 Å². The lowest BCUT2D eigenvalue weighted by Gasteiger charge is -2.14. The summed E-state index contributed by atoms with van der Waals surface area (Å²) in [5, 5.41) is 2.51. The molecule has 0 aliphatic heterocycles. The lowest BCUT2D eigenvalue weighted by molar-refractivity contribution is 0.102. The average Bonchev–Trinajstić information content (AvgIpc) is 2.72. The fourth-order valence-electron chi connectivity index (χ4n) is 2.98. The van der Waals surface area contributed by atoms with E-state index in [2.05, 4.69) is 11.9 Å². The van der Waals surface area contributed by atoms with Crippen molar-refractivity contribution in [2.24, 2.45) is 0 Å². The average molecular weight is 475 g/mol. The molecule has 3 aromatic rings. The van der Waals surface area contributed by atoms with E-state index < -0.39 is 35.9 Å². The van der Waals surface area contributed by atoms with Crippen molar-refractivity contribution >= 4 is 43.6 Å². The van der Waals surface area contributed by atoms with E-state index in [4.69, 9.17) is 5.73 Å². The van der Waals surface area contributed by atoms with Gasteiger partial charge in [-0.2, -0.15) is 16.8 Å². The van der Waals surface area contributed by atoms with E-state index >= 15 is 0 Å². The van der Waals surface area contributed by atoms with Crippen molar-refractivity contribution < 1.29 is 30.7 Å². The molecule has 0 aromatic heterocycles. The quantitative estimate of drug-likeness (QED) is 0.312. The maximum Gasteiger partial charge on any atom is 0.295 e. The van der Waals surface area contributed by atoms with Crippen molar-refractivity contribution in [1.29, 1.82) is 0 Å². The second-order valence-corrected chi connectivity index (χ2v) is 9.48. The molecule has 3 aromatic carbocycles. The predicted molar refractivity (Wildman–Crippen MR) is 120 cm³/mol. The first-order chi connectivity index (χ1) is 14.9. The molecular weight excluding hydrogens is 456 g/mol. The van der Waals surface area contributed by atoms with E-state index in [1.54, 1.807) is 30.3 Å². The molecule has 166 valence electrons. The zero-order valence-corrected chi connectivity index (χ0v) is 18.0. The number of nitrogens with two attached hydrogens (primary N) is 1. The number of rotatable bonds is 6. The van der Waals surface area contributed by atoms with Gasteiger partial charge >= 0.3 is 0 Å². The number of nitrogen functional groups attached to an aromatic ring is 1. The van der Waals surface area contributed by atoms with Crippen LogP contribution in [0.5, 0.6) is 0 Å². The molecule has 0 aliphatic rings. The van der Waals surface area contributed by atoms with Crippen LogP contribution in [0.4, 0.5) is 11.4 Å². The Morgan fingerprint density at radius 3 is 1.91 bits per heavy atom. The third-order valence-corrected chi connectivity index (χ3v) is 6.29. The highest BCUT2D eigenvalue weighted by molar-refractivity contribution is 7.86. The Balaban J connectivity index is 2.09. The number of carbonyl (C=O) groups excluding carboxylic acids is 1. The summed E-state index contributed by atoms with van der Waals surface area (Å²) >= 11 is 0. The van der Waals surface area contributed by atoms with Crippen molar-refractivity contribution in [3.8, 4) is 11.1 Å². The lowest BCUT2D eigenvalue weighted by Crippen LogP contribution is -2.13. The molecule has 0 atom stereocenters. The first-order valence-corrected chi connectivity index (χ1v) is 11.8. The van der Waals surface area contributed by atoms with E-state index in [9.17, 15) is 30.7 Å². The molecule has 0 bridgehead atoms. The molecule has 0 unspecified atom stereocenters. The van der Waals surface area contributed by atoms with Crippen molar-refractivity contribution in [1.82, 2.24) is 0 Å². The van der Waals surface area contributed by atoms with E-state index in [-0.39, 0.29) is 22.5 Å². The van der Waals surface area contributed by atoms with Crippen molar-refractivity contribution in [3.05, 3.63) is 78.4 Å². The molecule has 0 saturated carbocycles. The first-order valence-electron chi connectivity index (χ1n) is 8.93. The third kappa shape index (κ3) is 5.03. The van der Waals surface area contributed by atoms with Crippen molar-refractivity contribution in [2.45, 2.75) is 9.79 Å². The predicted octanol–water partition coefficient (Wildman–Crippen LogP) is 3.32. The van der Waals surface area contributed by atoms with Crippen LogP contribution in [-0.4, -0.2) is 31.8 Å². The van der Waals surface area contributed by atoms with Gasteiger partial charge in [-0.25, -0.2) is 0 Å². The third-order valence-electron chi connectivity index (χ3n) is 4.50. The zero-order valence-electron chi connectivity index (χ0n) is 16.4. The van der Waals surface area contributed by atoms with Gasteiger partial charge in [-0.1, -0.05) is 36.9 Å². The summed E-state index contributed by atoms with van der Waals surface area (Å²) in [6.45, 7) is 3.62. The highest BCUT2D eigenvalue weighted by Crippen LogP contribution is 2.35. The van der Waals surface area contributed by atoms with Crippen molar-refractivity contribution in [3.63, 3.8) is 0 Å². The number of hydrogen-bond acceptors (Lipinski definition) is 6. The van der Waals surface area contributed by atoms with Gasteiger partial charge in [-0.3, -0.25) is 13.9 Å². The molecule has 1 amide bonds. The van der Waals surface area contributed by atoms with Crippen LogP contribution >= 0.6 is 0 Å². The zero-order chi connectivity index (χ0) is 23.7. The number of hydrogen-bond donors (Lipinski definition) is 4. The second kappa shape index (κ2) is 8.55. The molecule has 0 radical (unpaired) electrons. The van der Waals surface area contributed by atoms with Gasteiger partial charge in [0.15, 0.2) is 0 Å². The molecule has 0 spiro atoms. The van der Waals surface area contributed by atoms with Gasteiger partial charge in [0, 0.05) is 28.1 Å². The smallest absolute Gasteiger partial charge is 0.295 e. The normalized spacial score (nSPS) is 11.7. The number of carbonyl (C=O) groups is 1. The molecule has 0 fully saturated rings. The molecule has 3 rings (SSSR count). The van der Waals surface area contributed by atoms with Crippen LogP contribution in [0.1, 0.15) is 15.9 Å². The van der Waals surface area contributed by atoms with E-state index in [0.29, 0.717) is 5.56 Å². The fourth-order valence-corrected chi connectivity index (χ4v) is 4.46. The summed E-state index contributed by atoms with van der Waals surface area (Å²) in [5.74, 6) is -0.541. The molecule has 0 heterocycles. The lowest BCUT2D eigenvalue weighted by atomic mass is 10.0. The Hall–Kier alpha value is -3.51. The summed E-state index contributed by atoms with van der Waals surface area (Å²) in [5.41, 5.74) is 6.31. The summed E-state index contributed by atoms with van der Waals surface area (Å²) in [6, 6.07) is 13.4. The summed E-state index contributed by atoms with van der Waals surface area (Å²) < 4.78 is 66.9. The van der Waals surface area contributed by atoms with E-state index in [1.807, 2.05) is 0 Å². The molecule has 0 saturated heterocycles. The number of benzene rings is 3. The minimum atomic E-state index is -4.86. The van der Waals surface area contributed by atoms with Crippen LogP contribution in [-0.2, 0) is 20.2 Å². The van der Waals surface area contributed by atoms with Crippen molar-refractivity contribution in [2.75, 3.05) is 11.1 Å². The van der Waals surface area contributed by atoms with Crippen LogP contribution in [0.15, 0.2) is 77.0 Å². The van der Waals surface area contributed by atoms with Gasteiger partial charge in [-0.05, 0) is 42.0 Å². The highest BCUT2D eigenvalue weighted by atomic mass is 32.2.